The number of rotatable bonds is 5. The van der Waals surface area contributed by atoms with Gasteiger partial charge in [-0.2, -0.15) is 0 Å². The van der Waals surface area contributed by atoms with E-state index in [1.807, 2.05) is 12.1 Å². The Bertz CT molecular complexity index is 462. The number of benzene rings is 1. The molecule has 1 aliphatic carbocycles. The SMILES string of the molecule is CCC1COCCN1c1c(F)cccc1CNC1CC1. The Morgan fingerprint density at radius 2 is 2.25 bits per heavy atom. The first-order valence-electron chi connectivity index (χ1n) is 7.64. The van der Waals surface area contributed by atoms with Gasteiger partial charge in [-0.3, -0.25) is 0 Å². The maximum atomic E-state index is 14.4. The quantitative estimate of drug-likeness (QED) is 0.896. The van der Waals surface area contributed by atoms with E-state index in [2.05, 4.69) is 17.1 Å². The highest BCUT2D eigenvalue weighted by Crippen LogP contribution is 2.29. The third kappa shape index (κ3) is 2.96. The number of para-hydroxylation sites is 1. The first kappa shape index (κ1) is 13.8. The first-order valence-corrected chi connectivity index (χ1v) is 7.64. The minimum Gasteiger partial charge on any atom is -0.377 e. The number of ether oxygens (including phenoxy) is 1. The van der Waals surface area contributed by atoms with Gasteiger partial charge in [0.1, 0.15) is 5.82 Å². The van der Waals surface area contributed by atoms with Crippen LogP contribution in [0.4, 0.5) is 10.1 Å². The molecule has 1 unspecified atom stereocenters. The summed E-state index contributed by atoms with van der Waals surface area (Å²) in [5, 5.41) is 3.49. The molecule has 1 saturated heterocycles. The molecule has 20 heavy (non-hydrogen) atoms. The van der Waals surface area contributed by atoms with Crippen molar-refractivity contribution in [1.82, 2.24) is 5.32 Å². The zero-order chi connectivity index (χ0) is 13.9. The van der Waals surface area contributed by atoms with Crippen LogP contribution in [0.3, 0.4) is 0 Å². The minimum absolute atomic E-state index is 0.111. The summed E-state index contributed by atoms with van der Waals surface area (Å²) in [6.45, 7) is 5.04. The second kappa shape index (κ2) is 6.10. The zero-order valence-electron chi connectivity index (χ0n) is 12.1. The Labute approximate surface area is 120 Å². The first-order chi connectivity index (χ1) is 9.79. The lowest BCUT2D eigenvalue weighted by Gasteiger charge is -2.38. The van der Waals surface area contributed by atoms with Crippen molar-refractivity contribution < 1.29 is 9.13 Å². The Kier molecular flexibility index (Phi) is 4.22. The van der Waals surface area contributed by atoms with E-state index in [1.54, 1.807) is 6.07 Å². The summed E-state index contributed by atoms with van der Waals surface area (Å²) in [6.07, 6.45) is 3.48. The van der Waals surface area contributed by atoms with Crippen LogP contribution >= 0.6 is 0 Å². The number of morpholine rings is 1. The topological polar surface area (TPSA) is 24.5 Å². The average Bonchev–Trinajstić information content (AvgIpc) is 3.29. The van der Waals surface area contributed by atoms with Crippen LogP contribution in [0.25, 0.3) is 0 Å². The number of anilines is 1. The van der Waals surface area contributed by atoms with Crippen molar-refractivity contribution in [1.29, 1.82) is 0 Å². The fourth-order valence-electron chi connectivity index (χ4n) is 2.85. The molecule has 1 heterocycles. The van der Waals surface area contributed by atoms with E-state index in [-0.39, 0.29) is 11.9 Å². The molecule has 0 bridgehead atoms. The summed E-state index contributed by atoms with van der Waals surface area (Å²) in [7, 11) is 0. The fourth-order valence-corrected chi connectivity index (χ4v) is 2.85. The van der Waals surface area contributed by atoms with Crippen LogP contribution in [0.15, 0.2) is 18.2 Å². The van der Waals surface area contributed by atoms with Crippen LogP contribution in [-0.2, 0) is 11.3 Å². The van der Waals surface area contributed by atoms with Crippen LogP contribution in [0.5, 0.6) is 0 Å². The molecule has 4 heteroatoms. The molecule has 2 fully saturated rings. The molecular formula is C16H23FN2O. The second-order valence-corrected chi connectivity index (χ2v) is 5.73. The third-order valence-corrected chi connectivity index (χ3v) is 4.21. The molecule has 3 rings (SSSR count). The van der Waals surface area contributed by atoms with Crippen molar-refractivity contribution in [3.05, 3.63) is 29.6 Å². The number of hydrogen-bond acceptors (Lipinski definition) is 3. The molecule has 1 N–H and O–H groups in total. The smallest absolute Gasteiger partial charge is 0.146 e. The van der Waals surface area contributed by atoms with Crippen molar-refractivity contribution in [2.24, 2.45) is 0 Å². The molecule has 1 saturated carbocycles. The van der Waals surface area contributed by atoms with Gasteiger partial charge in [0, 0.05) is 19.1 Å². The van der Waals surface area contributed by atoms with Gasteiger partial charge in [-0.25, -0.2) is 4.39 Å². The third-order valence-electron chi connectivity index (χ3n) is 4.21. The van der Waals surface area contributed by atoms with Gasteiger partial charge in [0.15, 0.2) is 0 Å². The normalized spacial score (nSPS) is 23.1. The molecule has 0 radical (unpaired) electrons. The van der Waals surface area contributed by atoms with E-state index in [9.17, 15) is 4.39 Å². The van der Waals surface area contributed by atoms with E-state index in [0.29, 0.717) is 19.3 Å². The highest BCUT2D eigenvalue weighted by molar-refractivity contribution is 5.56. The lowest BCUT2D eigenvalue weighted by atomic mass is 10.1. The lowest BCUT2D eigenvalue weighted by molar-refractivity contribution is 0.0925. The van der Waals surface area contributed by atoms with Gasteiger partial charge in [-0.1, -0.05) is 19.1 Å². The number of nitrogens with zero attached hydrogens (tertiary/aromatic N) is 1. The number of halogens is 1. The van der Waals surface area contributed by atoms with Crippen molar-refractivity contribution in [3.63, 3.8) is 0 Å². The van der Waals surface area contributed by atoms with Gasteiger partial charge in [-0.15, -0.1) is 0 Å². The van der Waals surface area contributed by atoms with Crippen molar-refractivity contribution in [3.8, 4) is 0 Å². The Balaban J connectivity index is 1.84. The molecule has 1 aromatic carbocycles. The highest BCUT2D eigenvalue weighted by Gasteiger charge is 2.27. The van der Waals surface area contributed by atoms with Crippen LogP contribution in [0, 0.1) is 5.82 Å². The van der Waals surface area contributed by atoms with E-state index in [1.165, 1.54) is 12.8 Å². The van der Waals surface area contributed by atoms with E-state index >= 15 is 0 Å². The predicted octanol–water partition coefficient (Wildman–Crippen LogP) is 2.69. The molecule has 0 spiro atoms. The average molecular weight is 278 g/mol. The Morgan fingerprint density at radius 1 is 1.40 bits per heavy atom. The van der Waals surface area contributed by atoms with Gasteiger partial charge in [0.25, 0.3) is 0 Å². The molecule has 0 amide bonds. The second-order valence-electron chi connectivity index (χ2n) is 5.73. The zero-order valence-corrected chi connectivity index (χ0v) is 12.1. The summed E-state index contributed by atoms with van der Waals surface area (Å²) < 4.78 is 19.9. The molecular weight excluding hydrogens is 255 g/mol. The van der Waals surface area contributed by atoms with Crippen molar-refractivity contribution in [2.75, 3.05) is 24.7 Å². The van der Waals surface area contributed by atoms with Crippen LogP contribution in [-0.4, -0.2) is 31.8 Å². The van der Waals surface area contributed by atoms with Gasteiger partial charge in [-0.05, 0) is 30.9 Å². The monoisotopic (exact) mass is 278 g/mol. The molecule has 110 valence electrons. The van der Waals surface area contributed by atoms with Crippen molar-refractivity contribution in [2.45, 2.75) is 44.8 Å². The van der Waals surface area contributed by atoms with Crippen LogP contribution < -0.4 is 10.2 Å². The lowest BCUT2D eigenvalue weighted by Crippen LogP contribution is -2.46. The number of nitrogens with one attached hydrogen (secondary N) is 1. The molecule has 1 aliphatic heterocycles. The largest absolute Gasteiger partial charge is 0.377 e. The molecule has 3 nitrogen and oxygen atoms in total. The van der Waals surface area contributed by atoms with Crippen molar-refractivity contribution >= 4 is 5.69 Å². The Hall–Kier alpha value is -1.13. The minimum atomic E-state index is -0.111. The predicted molar refractivity (Wildman–Crippen MR) is 78.5 cm³/mol. The van der Waals surface area contributed by atoms with E-state index in [0.717, 1.165) is 30.8 Å². The van der Waals surface area contributed by atoms with Gasteiger partial charge in [0.2, 0.25) is 0 Å². The summed E-state index contributed by atoms with van der Waals surface area (Å²) in [5.41, 5.74) is 1.84. The standard InChI is InChI=1S/C16H23FN2O/c1-2-14-11-20-9-8-19(14)16-12(4-3-5-15(16)17)10-18-13-6-7-13/h3-5,13-14,18H,2,6-11H2,1H3. The van der Waals surface area contributed by atoms with Crippen LogP contribution in [0.1, 0.15) is 31.7 Å². The maximum absolute atomic E-state index is 14.4. The van der Waals surface area contributed by atoms with E-state index in [4.69, 9.17) is 4.74 Å². The summed E-state index contributed by atoms with van der Waals surface area (Å²) in [6, 6.07) is 6.33. The van der Waals surface area contributed by atoms with Crippen LogP contribution in [0.2, 0.25) is 0 Å². The fraction of sp³-hybridized carbons (Fsp3) is 0.625. The molecule has 1 aromatic rings. The van der Waals surface area contributed by atoms with Gasteiger partial charge < -0.3 is 15.0 Å². The van der Waals surface area contributed by atoms with Gasteiger partial charge >= 0.3 is 0 Å². The summed E-state index contributed by atoms with van der Waals surface area (Å²) in [5.74, 6) is -0.111. The molecule has 1 atom stereocenters. The Morgan fingerprint density at radius 3 is 3.00 bits per heavy atom. The van der Waals surface area contributed by atoms with Gasteiger partial charge in [0.05, 0.1) is 24.9 Å². The molecule has 0 aromatic heterocycles. The summed E-state index contributed by atoms with van der Waals surface area (Å²) >= 11 is 0. The number of hydrogen-bond donors (Lipinski definition) is 1. The van der Waals surface area contributed by atoms with E-state index < -0.39 is 0 Å². The maximum Gasteiger partial charge on any atom is 0.146 e. The summed E-state index contributed by atoms with van der Waals surface area (Å²) in [4.78, 5) is 2.20. The molecule has 2 aliphatic rings. The highest BCUT2D eigenvalue weighted by atomic mass is 19.1.